The molecular formula is Cl3CrLa. The second-order valence-corrected chi connectivity index (χ2v) is 16.2. The molecule has 0 saturated heterocycles. The largest absolute Gasteiger partial charge is 0 e. The second kappa shape index (κ2) is 6.60. The number of rotatable bonds is 0. The first-order chi connectivity index (χ1) is 1.73. The molecule has 0 nitrogen and oxygen atoms in total. The summed E-state index contributed by atoms with van der Waals surface area (Å²) in [6.45, 7) is 15.1. The van der Waals surface area contributed by atoms with Gasteiger partial charge in [-0.25, -0.2) is 0 Å². The number of halogens is 3. The van der Waals surface area contributed by atoms with E-state index in [2.05, 4.69) is 0 Å². The Bertz CT molecular complexity index is 11.6. The van der Waals surface area contributed by atoms with Crippen LogP contribution in [0.3, 0.4) is 0 Å². The van der Waals surface area contributed by atoms with E-state index < -0.39 is 25.7 Å². The van der Waals surface area contributed by atoms with E-state index in [4.69, 9.17) is 20.4 Å². The Labute approximate surface area is 62.0 Å². The molecule has 0 radical (unpaired) electrons. The SMILES string of the molecule is [Cl][La]([Cl])[Cl].[Cr]. The molecule has 0 aromatic carbocycles. The molecule has 30 valence electrons. The van der Waals surface area contributed by atoms with E-state index in [0.717, 1.165) is 0 Å². The van der Waals surface area contributed by atoms with Gasteiger partial charge in [-0.3, -0.25) is 0 Å². The quantitative estimate of drug-likeness (QED) is 0.642. The summed E-state index contributed by atoms with van der Waals surface area (Å²) < 4.78 is 0. The average Bonchev–Trinajstić information content (AvgIpc) is 0.811. The Morgan fingerprint density at radius 2 is 1.00 bits per heavy atom. The van der Waals surface area contributed by atoms with Gasteiger partial charge in [0, 0.05) is 17.4 Å². The Morgan fingerprint density at radius 1 is 1.00 bits per heavy atom. The summed E-state index contributed by atoms with van der Waals surface area (Å²) in [7, 11) is 0. The van der Waals surface area contributed by atoms with Crippen LogP contribution in [-0.2, 0) is 17.4 Å². The van der Waals surface area contributed by atoms with Crippen molar-refractivity contribution in [3.05, 3.63) is 0 Å². The molecular weight excluding hydrogens is 297 g/mol. The van der Waals surface area contributed by atoms with Gasteiger partial charge in [0.2, 0.25) is 0 Å². The van der Waals surface area contributed by atoms with E-state index >= 15 is 0 Å². The van der Waals surface area contributed by atoms with Gasteiger partial charge in [-0.15, -0.1) is 0 Å². The van der Waals surface area contributed by atoms with Gasteiger partial charge in [0.25, 0.3) is 0 Å². The van der Waals surface area contributed by atoms with E-state index in [9.17, 15) is 0 Å². The van der Waals surface area contributed by atoms with Crippen molar-refractivity contribution in [2.45, 2.75) is 0 Å². The molecule has 5 heavy (non-hydrogen) atoms. The van der Waals surface area contributed by atoms with Crippen LogP contribution in [0.15, 0.2) is 0 Å². The van der Waals surface area contributed by atoms with Gasteiger partial charge in [-0.1, -0.05) is 0 Å². The molecule has 0 aromatic rings. The fraction of sp³-hybridized carbons (Fsp3) is 0. The van der Waals surface area contributed by atoms with Crippen molar-refractivity contribution in [1.82, 2.24) is 0 Å². The van der Waals surface area contributed by atoms with Gasteiger partial charge in [0.15, 0.2) is 0 Å². The molecule has 0 aliphatic rings. The molecule has 0 heterocycles. The van der Waals surface area contributed by atoms with Crippen LogP contribution in [0.2, 0.25) is 0 Å². The van der Waals surface area contributed by atoms with Crippen molar-refractivity contribution in [3.8, 4) is 0 Å². The zero-order chi connectivity index (χ0) is 3.58. The van der Waals surface area contributed by atoms with Crippen molar-refractivity contribution >= 4 is 20.4 Å². The van der Waals surface area contributed by atoms with Crippen LogP contribution >= 0.6 is 20.4 Å². The predicted octanol–water partition coefficient (Wildman–Crippen LogP) is 2.07. The third-order valence-electron chi connectivity index (χ3n) is 0. The van der Waals surface area contributed by atoms with E-state index in [1.807, 2.05) is 0 Å². The Kier molecular flexibility index (Phi) is 13.9. The minimum Gasteiger partial charge on any atom is 0 e. The molecule has 0 atom stereocenters. The summed E-state index contributed by atoms with van der Waals surface area (Å²) in [5.41, 5.74) is 0. The smallest absolute Gasteiger partial charge is 0 e. The van der Waals surface area contributed by atoms with E-state index in [1.165, 1.54) is 0 Å². The summed E-state index contributed by atoms with van der Waals surface area (Å²) in [6, 6.07) is 0. The molecule has 0 aromatic heterocycles. The van der Waals surface area contributed by atoms with Gasteiger partial charge >= 0.3 is 46.0 Å². The molecule has 0 aliphatic heterocycles. The topological polar surface area (TPSA) is 0 Å². The van der Waals surface area contributed by atoms with Crippen LogP contribution in [0.4, 0.5) is 0 Å². The van der Waals surface area contributed by atoms with Gasteiger partial charge in [0.05, 0.1) is 0 Å². The summed E-state index contributed by atoms with van der Waals surface area (Å²) in [5, 5.41) is 0. The molecule has 0 aliphatic carbocycles. The van der Waals surface area contributed by atoms with Crippen LogP contribution in [0.1, 0.15) is 0 Å². The molecule has 5 heteroatoms. The Balaban J connectivity index is 0. The van der Waals surface area contributed by atoms with Crippen LogP contribution in [0.25, 0.3) is 0 Å². The van der Waals surface area contributed by atoms with Crippen LogP contribution in [0, 0.1) is 25.7 Å². The first-order valence-electron chi connectivity index (χ1n) is 0.655. The van der Waals surface area contributed by atoms with Crippen molar-refractivity contribution in [2.75, 3.05) is 0 Å². The van der Waals surface area contributed by atoms with Crippen LogP contribution < -0.4 is 0 Å². The summed E-state index contributed by atoms with van der Waals surface area (Å²) in [6.07, 6.45) is 0. The maximum atomic E-state index is 5.03. The molecule has 0 bridgehead atoms. The summed E-state index contributed by atoms with van der Waals surface area (Å²) in [5.74, 6) is 0. The molecule has 0 spiro atoms. The first-order valence-corrected chi connectivity index (χ1v) is 14.3. The van der Waals surface area contributed by atoms with Gasteiger partial charge in [-0.2, -0.15) is 0 Å². The first kappa shape index (κ1) is 10.6. The molecule has 0 rings (SSSR count). The standard InChI is InChI=1S/3ClH.Cr.La/h3*1H;;/q;;;;+3/p-3. The molecule has 0 unspecified atom stereocenters. The third kappa shape index (κ3) is 20.7. The van der Waals surface area contributed by atoms with Crippen molar-refractivity contribution in [2.24, 2.45) is 0 Å². The van der Waals surface area contributed by atoms with Crippen molar-refractivity contribution in [1.29, 1.82) is 0 Å². The number of hydrogen-bond acceptors (Lipinski definition) is 0. The molecule has 0 fully saturated rings. The van der Waals surface area contributed by atoms with Gasteiger partial charge in [0.1, 0.15) is 0 Å². The van der Waals surface area contributed by atoms with E-state index in [0.29, 0.717) is 0 Å². The van der Waals surface area contributed by atoms with Crippen LogP contribution in [0.5, 0.6) is 0 Å². The Morgan fingerprint density at radius 3 is 1.00 bits per heavy atom. The molecule has 0 N–H and O–H groups in total. The minimum atomic E-state index is -2.31. The average molecular weight is 297 g/mol. The van der Waals surface area contributed by atoms with Crippen LogP contribution in [-0.4, -0.2) is 0 Å². The number of hydrogen-bond donors (Lipinski definition) is 0. The monoisotopic (exact) mass is 296 g/mol. The molecule has 0 saturated carbocycles. The maximum Gasteiger partial charge on any atom is 0 e. The zero-order valence-electron chi connectivity index (χ0n) is 2.12. The summed E-state index contributed by atoms with van der Waals surface area (Å²) >= 11 is -2.31. The fourth-order valence-electron chi connectivity index (χ4n) is 0. The Hall–Kier alpha value is 2.60. The fourth-order valence-corrected chi connectivity index (χ4v) is 0. The van der Waals surface area contributed by atoms with E-state index in [-0.39, 0.29) is 17.4 Å². The summed E-state index contributed by atoms with van der Waals surface area (Å²) in [4.78, 5) is 0. The third-order valence-corrected chi connectivity index (χ3v) is 0. The van der Waals surface area contributed by atoms with Crippen molar-refractivity contribution in [3.63, 3.8) is 0 Å². The van der Waals surface area contributed by atoms with Gasteiger partial charge in [-0.05, 0) is 0 Å². The second-order valence-electron chi connectivity index (χ2n) is 0.247. The minimum absolute atomic E-state index is 0. The van der Waals surface area contributed by atoms with Crippen molar-refractivity contribution < 1.29 is 43.0 Å². The molecule has 0 amide bonds. The van der Waals surface area contributed by atoms with Gasteiger partial charge < -0.3 is 0 Å². The normalized spacial score (nSPS) is 5.40. The zero-order valence-corrected chi connectivity index (χ0v) is 9.29. The van der Waals surface area contributed by atoms with E-state index in [1.54, 1.807) is 0 Å². The maximum absolute atomic E-state index is 5.03. The predicted molar refractivity (Wildman–Crippen MR) is 17.6 cm³/mol.